The van der Waals surface area contributed by atoms with E-state index in [1.807, 2.05) is 26.8 Å². The average molecular weight is 320 g/mol. The van der Waals surface area contributed by atoms with Gasteiger partial charge >= 0.3 is 6.09 Å². The fourth-order valence-corrected chi connectivity index (χ4v) is 2.51. The second-order valence-electron chi connectivity index (χ2n) is 7.26. The predicted octanol–water partition coefficient (Wildman–Crippen LogP) is 3.05. The van der Waals surface area contributed by atoms with Gasteiger partial charge in [0.15, 0.2) is 0 Å². The van der Waals surface area contributed by atoms with E-state index in [0.29, 0.717) is 19.0 Å². The Morgan fingerprint density at radius 1 is 1.17 bits per heavy atom. The molecule has 1 aromatic heterocycles. The Hall–Kier alpha value is -1.85. The smallest absolute Gasteiger partial charge is 0.410 e. The van der Waals surface area contributed by atoms with Gasteiger partial charge in [-0.25, -0.2) is 14.8 Å². The van der Waals surface area contributed by atoms with Crippen LogP contribution in [0, 0.1) is 0 Å². The SMILES string of the molecule is CC(C)c1cc(N2CCCN(C(=O)OC(C)(C)C)CC2)ncn1. The number of nitrogens with zero attached hydrogens (tertiary/aromatic N) is 4. The standard InChI is InChI=1S/C17H28N4O2/c1-13(2)14-11-15(19-12-18-14)20-7-6-8-21(10-9-20)16(22)23-17(3,4)5/h11-13H,6-10H2,1-5H3. The van der Waals surface area contributed by atoms with Crippen molar-refractivity contribution in [3.8, 4) is 0 Å². The lowest BCUT2D eigenvalue weighted by Crippen LogP contribution is -2.39. The lowest BCUT2D eigenvalue weighted by molar-refractivity contribution is 0.0263. The van der Waals surface area contributed by atoms with Crippen molar-refractivity contribution >= 4 is 11.9 Å². The zero-order valence-electron chi connectivity index (χ0n) is 14.9. The first-order valence-corrected chi connectivity index (χ1v) is 8.31. The van der Waals surface area contributed by atoms with Crippen molar-refractivity contribution in [1.29, 1.82) is 0 Å². The third kappa shape index (κ3) is 5.08. The van der Waals surface area contributed by atoms with Gasteiger partial charge in [-0.1, -0.05) is 13.8 Å². The number of carbonyl (C=O) groups is 1. The second kappa shape index (κ2) is 7.15. The van der Waals surface area contributed by atoms with Crippen LogP contribution in [0.1, 0.15) is 52.7 Å². The van der Waals surface area contributed by atoms with Crippen LogP contribution in [0.15, 0.2) is 12.4 Å². The number of amides is 1. The zero-order chi connectivity index (χ0) is 17.0. The van der Waals surface area contributed by atoms with Crippen LogP contribution < -0.4 is 4.90 Å². The highest BCUT2D eigenvalue weighted by molar-refractivity contribution is 5.68. The van der Waals surface area contributed by atoms with E-state index in [1.54, 1.807) is 11.2 Å². The molecular weight excluding hydrogens is 292 g/mol. The minimum atomic E-state index is -0.456. The molecule has 6 nitrogen and oxygen atoms in total. The van der Waals surface area contributed by atoms with Gasteiger partial charge in [-0.15, -0.1) is 0 Å². The topological polar surface area (TPSA) is 58.6 Å². The van der Waals surface area contributed by atoms with Gasteiger partial charge in [0, 0.05) is 37.9 Å². The van der Waals surface area contributed by atoms with Crippen LogP contribution in [0.25, 0.3) is 0 Å². The van der Waals surface area contributed by atoms with Gasteiger partial charge in [0.1, 0.15) is 17.7 Å². The summed E-state index contributed by atoms with van der Waals surface area (Å²) in [5.74, 6) is 1.32. The maximum absolute atomic E-state index is 12.2. The summed E-state index contributed by atoms with van der Waals surface area (Å²) < 4.78 is 5.47. The van der Waals surface area contributed by atoms with E-state index in [0.717, 1.165) is 31.0 Å². The minimum Gasteiger partial charge on any atom is -0.444 e. The van der Waals surface area contributed by atoms with Gasteiger partial charge in [-0.05, 0) is 33.1 Å². The largest absolute Gasteiger partial charge is 0.444 e. The molecule has 23 heavy (non-hydrogen) atoms. The summed E-state index contributed by atoms with van der Waals surface area (Å²) in [6.45, 7) is 12.9. The Morgan fingerprint density at radius 3 is 2.57 bits per heavy atom. The number of anilines is 1. The van der Waals surface area contributed by atoms with Crippen LogP contribution in [-0.4, -0.2) is 52.7 Å². The Kier molecular flexibility index (Phi) is 5.44. The van der Waals surface area contributed by atoms with E-state index in [9.17, 15) is 4.79 Å². The highest BCUT2D eigenvalue weighted by atomic mass is 16.6. The molecule has 6 heteroatoms. The Balaban J connectivity index is 2.01. The molecule has 0 N–H and O–H groups in total. The highest BCUT2D eigenvalue weighted by Gasteiger charge is 2.24. The molecule has 0 radical (unpaired) electrons. The first-order chi connectivity index (χ1) is 10.8. The lowest BCUT2D eigenvalue weighted by atomic mass is 10.1. The normalized spacial score (nSPS) is 16.4. The van der Waals surface area contributed by atoms with E-state index in [1.165, 1.54) is 0 Å². The van der Waals surface area contributed by atoms with Crippen molar-refractivity contribution in [1.82, 2.24) is 14.9 Å². The minimum absolute atomic E-state index is 0.232. The molecule has 1 saturated heterocycles. The van der Waals surface area contributed by atoms with Crippen LogP contribution in [-0.2, 0) is 4.74 Å². The number of ether oxygens (including phenoxy) is 1. The Morgan fingerprint density at radius 2 is 1.91 bits per heavy atom. The molecule has 2 heterocycles. The van der Waals surface area contributed by atoms with E-state index in [2.05, 4.69) is 28.7 Å². The molecule has 1 aliphatic rings. The summed E-state index contributed by atoms with van der Waals surface area (Å²) >= 11 is 0. The van der Waals surface area contributed by atoms with Crippen LogP contribution in [0.5, 0.6) is 0 Å². The molecular formula is C17H28N4O2. The lowest BCUT2D eigenvalue weighted by Gasteiger charge is -2.26. The van der Waals surface area contributed by atoms with Crippen LogP contribution >= 0.6 is 0 Å². The average Bonchev–Trinajstić information content (AvgIpc) is 2.71. The molecule has 0 spiro atoms. The maximum Gasteiger partial charge on any atom is 0.410 e. The molecule has 0 saturated carbocycles. The fourth-order valence-electron chi connectivity index (χ4n) is 2.51. The van der Waals surface area contributed by atoms with Gasteiger partial charge < -0.3 is 14.5 Å². The summed E-state index contributed by atoms with van der Waals surface area (Å²) in [5.41, 5.74) is 0.588. The molecule has 0 atom stereocenters. The molecule has 0 unspecified atom stereocenters. The molecule has 1 aromatic rings. The van der Waals surface area contributed by atoms with E-state index < -0.39 is 5.60 Å². The fraction of sp³-hybridized carbons (Fsp3) is 0.706. The molecule has 0 bridgehead atoms. The van der Waals surface area contributed by atoms with Gasteiger partial charge in [0.2, 0.25) is 0 Å². The summed E-state index contributed by atoms with van der Waals surface area (Å²) in [7, 11) is 0. The molecule has 0 aliphatic carbocycles. The maximum atomic E-state index is 12.2. The van der Waals surface area contributed by atoms with E-state index in [4.69, 9.17) is 4.74 Å². The summed E-state index contributed by atoms with van der Waals surface area (Å²) in [6.07, 6.45) is 2.30. The molecule has 1 amide bonds. The van der Waals surface area contributed by atoms with Crippen molar-refractivity contribution in [3.05, 3.63) is 18.1 Å². The van der Waals surface area contributed by atoms with E-state index in [-0.39, 0.29) is 6.09 Å². The molecule has 0 aromatic carbocycles. The number of rotatable bonds is 2. The predicted molar refractivity (Wildman–Crippen MR) is 90.8 cm³/mol. The number of hydrogen-bond donors (Lipinski definition) is 0. The van der Waals surface area contributed by atoms with Crippen molar-refractivity contribution in [2.24, 2.45) is 0 Å². The Bertz CT molecular complexity index is 540. The van der Waals surface area contributed by atoms with Crippen molar-refractivity contribution in [2.45, 2.75) is 52.6 Å². The number of carbonyl (C=O) groups excluding carboxylic acids is 1. The van der Waals surface area contributed by atoms with Crippen LogP contribution in [0.3, 0.4) is 0 Å². The second-order valence-corrected chi connectivity index (χ2v) is 7.26. The van der Waals surface area contributed by atoms with Gasteiger partial charge in [-0.2, -0.15) is 0 Å². The van der Waals surface area contributed by atoms with Gasteiger partial charge in [-0.3, -0.25) is 0 Å². The summed E-state index contributed by atoms with van der Waals surface area (Å²) in [5, 5.41) is 0. The molecule has 1 fully saturated rings. The number of aromatic nitrogens is 2. The summed E-state index contributed by atoms with van der Waals surface area (Å²) in [6, 6.07) is 2.05. The third-order valence-corrected chi connectivity index (χ3v) is 3.74. The van der Waals surface area contributed by atoms with Crippen LogP contribution in [0.2, 0.25) is 0 Å². The quantitative estimate of drug-likeness (QED) is 0.838. The third-order valence-electron chi connectivity index (χ3n) is 3.74. The van der Waals surface area contributed by atoms with Crippen molar-refractivity contribution in [2.75, 3.05) is 31.1 Å². The first kappa shape index (κ1) is 17.5. The van der Waals surface area contributed by atoms with Crippen molar-refractivity contribution < 1.29 is 9.53 Å². The van der Waals surface area contributed by atoms with Gasteiger partial charge in [0.05, 0.1) is 0 Å². The van der Waals surface area contributed by atoms with Gasteiger partial charge in [0.25, 0.3) is 0 Å². The molecule has 128 valence electrons. The first-order valence-electron chi connectivity index (χ1n) is 8.31. The molecule has 1 aliphatic heterocycles. The number of hydrogen-bond acceptors (Lipinski definition) is 5. The molecule has 2 rings (SSSR count). The monoisotopic (exact) mass is 320 g/mol. The summed E-state index contributed by atoms with van der Waals surface area (Å²) in [4.78, 5) is 24.9. The van der Waals surface area contributed by atoms with Crippen LogP contribution in [0.4, 0.5) is 10.6 Å². The Labute approximate surface area is 138 Å². The highest BCUT2D eigenvalue weighted by Crippen LogP contribution is 2.19. The van der Waals surface area contributed by atoms with Crippen molar-refractivity contribution in [3.63, 3.8) is 0 Å². The zero-order valence-corrected chi connectivity index (χ0v) is 14.9. The van der Waals surface area contributed by atoms with E-state index >= 15 is 0 Å².